The quantitative estimate of drug-likeness (QED) is 0.486. The maximum Gasteiger partial charge on any atom is 0.108 e. The molecule has 0 atom stereocenters. The monoisotopic (exact) mass is 346 g/mol. The van der Waals surface area contributed by atoms with Gasteiger partial charge in [-0.3, -0.25) is 0 Å². The third-order valence-corrected chi connectivity index (χ3v) is 5.22. The van der Waals surface area contributed by atoms with Gasteiger partial charge in [0.25, 0.3) is 0 Å². The van der Waals surface area contributed by atoms with Crippen LogP contribution in [0.1, 0.15) is 51.2 Å². The van der Waals surface area contributed by atoms with Gasteiger partial charge in [0, 0.05) is 12.0 Å². The van der Waals surface area contributed by atoms with Crippen LogP contribution in [-0.2, 0) is 6.42 Å². The van der Waals surface area contributed by atoms with Gasteiger partial charge < -0.3 is 0 Å². The van der Waals surface area contributed by atoms with Crippen LogP contribution in [0.5, 0.6) is 0 Å². The van der Waals surface area contributed by atoms with Crippen LogP contribution in [0.15, 0.2) is 77.7 Å². The molecular formula is C25H27F. The van der Waals surface area contributed by atoms with E-state index in [-0.39, 0.29) is 5.83 Å². The second-order valence-corrected chi connectivity index (χ2v) is 6.95. The fourth-order valence-corrected chi connectivity index (χ4v) is 3.94. The fraction of sp³-hybridized carbons (Fsp3) is 0.280. The summed E-state index contributed by atoms with van der Waals surface area (Å²) >= 11 is 0. The molecule has 3 rings (SSSR count). The largest absolute Gasteiger partial charge is 0.211 e. The lowest BCUT2D eigenvalue weighted by Crippen LogP contribution is -2.02. The van der Waals surface area contributed by atoms with E-state index in [0.717, 1.165) is 47.1 Å². The summed E-state index contributed by atoms with van der Waals surface area (Å²) in [5, 5.41) is 2.47. The topological polar surface area (TPSA) is 0 Å². The Morgan fingerprint density at radius 1 is 1.15 bits per heavy atom. The molecule has 0 N–H and O–H groups in total. The van der Waals surface area contributed by atoms with E-state index in [1.54, 1.807) is 0 Å². The SMILES string of the molecule is C=C(/C(=C/C)C1=C(F)CCC=C1C)c1ccc(CCC)c2ccccc12. The Kier molecular flexibility index (Phi) is 5.56. The standard InChI is InChI=1S/C25H27F/c1-5-10-19-15-16-21(23-13-8-7-12-22(19)23)18(4)20(6-2)25-17(3)11-9-14-24(25)26/h6-8,11-13,15-16H,4-5,9-10,14H2,1-3H3/b20-6-. The van der Waals surface area contributed by atoms with E-state index in [1.807, 2.05) is 19.9 Å². The van der Waals surface area contributed by atoms with E-state index in [2.05, 4.69) is 56.0 Å². The number of fused-ring (bicyclic) bond motifs is 1. The lowest BCUT2D eigenvalue weighted by Gasteiger charge is -2.21. The second kappa shape index (κ2) is 7.86. The smallest absolute Gasteiger partial charge is 0.108 e. The van der Waals surface area contributed by atoms with Crippen LogP contribution >= 0.6 is 0 Å². The zero-order valence-electron chi connectivity index (χ0n) is 16.0. The van der Waals surface area contributed by atoms with E-state index in [9.17, 15) is 4.39 Å². The molecule has 1 aliphatic carbocycles. The van der Waals surface area contributed by atoms with Crippen molar-refractivity contribution in [2.24, 2.45) is 0 Å². The average molecular weight is 346 g/mol. The molecule has 0 nitrogen and oxygen atoms in total. The minimum absolute atomic E-state index is 0.0221. The van der Waals surface area contributed by atoms with Gasteiger partial charge in [-0.25, -0.2) is 4.39 Å². The van der Waals surface area contributed by atoms with Crippen LogP contribution in [0.4, 0.5) is 4.39 Å². The van der Waals surface area contributed by atoms with Gasteiger partial charge >= 0.3 is 0 Å². The number of benzene rings is 2. The molecule has 26 heavy (non-hydrogen) atoms. The van der Waals surface area contributed by atoms with E-state index < -0.39 is 0 Å². The Bertz CT molecular complexity index is 938. The van der Waals surface area contributed by atoms with Crippen LogP contribution in [0.3, 0.4) is 0 Å². The van der Waals surface area contributed by atoms with Gasteiger partial charge in [0.1, 0.15) is 5.83 Å². The number of halogens is 1. The molecule has 1 aliphatic rings. The maximum absolute atomic E-state index is 14.6. The van der Waals surface area contributed by atoms with Gasteiger partial charge in [-0.15, -0.1) is 0 Å². The van der Waals surface area contributed by atoms with Gasteiger partial charge in [0.05, 0.1) is 0 Å². The van der Waals surface area contributed by atoms with Crippen molar-refractivity contribution in [3.8, 4) is 0 Å². The number of hydrogen-bond donors (Lipinski definition) is 0. The first-order valence-electron chi connectivity index (χ1n) is 9.51. The summed E-state index contributed by atoms with van der Waals surface area (Å²) in [5.41, 5.74) is 5.99. The minimum atomic E-state index is -0.0221. The van der Waals surface area contributed by atoms with Gasteiger partial charge in [-0.05, 0) is 65.3 Å². The molecule has 0 radical (unpaired) electrons. The lowest BCUT2D eigenvalue weighted by molar-refractivity contribution is 0.577. The summed E-state index contributed by atoms with van der Waals surface area (Å²) in [5.74, 6) is -0.0221. The predicted molar refractivity (Wildman–Crippen MR) is 112 cm³/mol. The van der Waals surface area contributed by atoms with Crippen molar-refractivity contribution in [3.63, 3.8) is 0 Å². The van der Waals surface area contributed by atoms with Crippen molar-refractivity contribution in [2.45, 2.75) is 46.5 Å². The summed E-state index contributed by atoms with van der Waals surface area (Å²) in [6, 6.07) is 12.8. The molecule has 134 valence electrons. The molecule has 0 unspecified atom stereocenters. The molecule has 2 aromatic rings. The Balaban J connectivity index is 2.13. The van der Waals surface area contributed by atoms with Crippen molar-refractivity contribution < 1.29 is 4.39 Å². The lowest BCUT2D eigenvalue weighted by atomic mass is 9.84. The highest BCUT2D eigenvalue weighted by Gasteiger charge is 2.20. The van der Waals surface area contributed by atoms with E-state index in [4.69, 9.17) is 0 Å². The zero-order chi connectivity index (χ0) is 18.7. The number of hydrogen-bond acceptors (Lipinski definition) is 0. The summed E-state index contributed by atoms with van der Waals surface area (Å²) in [7, 11) is 0. The molecule has 0 saturated heterocycles. The van der Waals surface area contributed by atoms with E-state index in [1.165, 1.54) is 16.3 Å². The summed E-state index contributed by atoms with van der Waals surface area (Å²) in [6.07, 6.45) is 7.55. The molecule has 2 aromatic carbocycles. The molecule has 0 bridgehead atoms. The second-order valence-electron chi connectivity index (χ2n) is 6.95. The third kappa shape index (κ3) is 3.31. The van der Waals surface area contributed by atoms with Crippen LogP contribution in [0.25, 0.3) is 16.3 Å². The molecule has 0 aromatic heterocycles. The first-order valence-corrected chi connectivity index (χ1v) is 9.51. The third-order valence-electron chi connectivity index (χ3n) is 5.22. The highest BCUT2D eigenvalue weighted by Crippen LogP contribution is 2.39. The van der Waals surface area contributed by atoms with Crippen molar-refractivity contribution in [3.05, 3.63) is 88.8 Å². The van der Waals surface area contributed by atoms with Gasteiger partial charge in [-0.1, -0.05) is 68.5 Å². The molecule has 0 heterocycles. The maximum atomic E-state index is 14.6. The van der Waals surface area contributed by atoms with Gasteiger partial charge in [0.2, 0.25) is 0 Å². The summed E-state index contributed by atoms with van der Waals surface area (Å²) in [6.45, 7) is 10.5. The van der Waals surface area contributed by atoms with Crippen molar-refractivity contribution in [1.29, 1.82) is 0 Å². The molecule has 0 fully saturated rings. The van der Waals surface area contributed by atoms with Gasteiger partial charge in [-0.2, -0.15) is 0 Å². The van der Waals surface area contributed by atoms with Crippen molar-refractivity contribution in [2.75, 3.05) is 0 Å². The first-order chi connectivity index (χ1) is 12.6. The first kappa shape index (κ1) is 18.4. The van der Waals surface area contributed by atoms with E-state index in [0.29, 0.717) is 6.42 Å². The Hall–Kier alpha value is -2.41. The Morgan fingerprint density at radius 2 is 1.88 bits per heavy atom. The van der Waals surface area contributed by atoms with Crippen molar-refractivity contribution >= 4 is 16.3 Å². The molecule has 0 saturated carbocycles. The predicted octanol–water partition coefficient (Wildman–Crippen LogP) is 7.72. The average Bonchev–Trinajstić information content (AvgIpc) is 2.65. The fourth-order valence-electron chi connectivity index (χ4n) is 3.94. The zero-order valence-corrected chi connectivity index (χ0v) is 16.0. The summed E-state index contributed by atoms with van der Waals surface area (Å²) < 4.78 is 14.6. The van der Waals surface area contributed by atoms with Gasteiger partial charge in [0.15, 0.2) is 0 Å². The highest BCUT2D eigenvalue weighted by molar-refractivity contribution is 6.00. The van der Waals surface area contributed by atoms with Crippen LogP contribution in [-0.4, -0.2) is 0 Å². The molecular weight excluding hydrogens is 319 g/mol. The number of rotatable bonds is 5. The molecule has 1 heteroatoms. The van der Waals surface area contributed by atoms with Crippen molar-refractivity contribution in [1.82, 2.24) is 0 Å². The molecule has 0 aliphatic heterocycles. The highest BCUT2D eigenvalue weighted by atomic mass is 19.1. The van der Waals surface area contributed by atoms with Crippen LogP contribution < -0.4 is 0 Å². The Labute approximate surface area is 156 Å². The number of allylic oxidation sites excluding steroid dienone is 7. The van der Waals surface area contributed by atoms with E-state index >= 15 is 0 Å². The normalized spacial score (nSPS) is 15.4. The summed E-state index contributed by atoms with van der Waals surface area (Å²) in [4.78, 5) is 0. The molecule has 0 spiro atoms. The van der Waals surface area contributed by atoms with Crippen LogP contribution in [0, 0.1) is 0 Å². The Morgan fingerprint density at radius 3 is 2.54 bits per heavy atom. The van der Waals surface area contributed by atoms with Crippen LogP contribution in [0.2, 0.25) is 0 Å². The number of aryl methyl sites for hydroxylation is 1. The minimum Gasteiger partial charge on any atom is -0.211 e. The molecule has 0 amide bonds.